The van der Waals surface area contributed by atoms with E-state index in [1.54, 1.807) is 0 Å². The maximum absolute atomic E-state index is 4.67. The smallest absolute Gasteiger partial charge is 0.0850 e. The summed E-state index contributed by atoms with van der Waals surface area (Å²) < 4.78 is 2.12. The molecule has 0 bridgehead atoms. The molecule has 0 unspecified atom stereocenters. The van der Waals surface area contributed by atoms with Crippen molar-refractivity contribution < 1.29 is 0 Å². The zero-order valence-corrected chi connectivity index (χ0v) is 10.9. The fourth-order valence-electron chi connectivity index (χ4n) is 2.40. The number of nitrogens with one attached hydrogen (secondary N) is 1. The molecular formula is C14H23N3. The molecule has 0 aromatic carbocycles. The van der Waals surface area contributed by atoms with E-state index < -0.39 is 0 Å². The van der Waals surface area contributed by atoms with Gasteiger partial charge in [-0.05, 0) is 50.9 Å². The Kier molecular flexibility index (Phi) is 4.37. The van der Waals surface area contributed by atoms with Gasteiger partial charge < -0.3 is 5.32 Å². The van der Waals surface area contributed by atoms with Gasteiger partial charge >= 0.3 is 0 Å². The third-order valence-corrected chi connectivity index (χ3v) is 3.54. The van der Waals surface area contributed by atoms with Crippen LogP contribution in [0.1, 0.15) is 51.3 Å². The van der Waals surface area contributed by atoms with Crippen molar-refractivity contribution in [1.82, 2.24) is 15.1 Å². The van der Waals surface area contributed by atoms with Gasteiger partial charge in [-0.25, -0.2) is 0 Å². The quantitative estimate of drug-likeness (QED) is 0.866. The maximum atomic E-state index is 4.67. The van der Waals surface area contributed by atoms with Gasteiger partial charge in [0.1, 0.15) is 0 Å². The van der Waals surface area contributed by atoms with Crippen LogP contribution >= 0.6 is 0 Å². The van der Waals surface area contributed by atoms with Crippen LogP contribution in [0.4, 0.5) is 0 Å². The second-order valence-electron chi connectivity index (χ2n) is 4.74. The minimum Gasteiger partial charge on any atom is -0.316 e. The maximum Gasteiger partial charge on any atom is 0.0850 e. The van der Waals surface area contributed by atoms with E-state index in [1.807, 2.05) is 0 Å². The average Bonchev–Trinajstić information content (AvgIpc) is 2.81. The fourth-order valence-corrected chi connectivity index (χ4v) is 2.40. The van der Waals surface area contributed by atoms with Gasteiger partial charge in [0.05, 0.1) is 11.7 Å². The monoisotopic (exact) mass is 233 g/mol. The van der Waals surface area contributed by atoms with Gasteiger partial charge in [0, 0.05) is 6.20 Å². The van der Waals surface area contributed by atoms with Gasteiger partial charge in [-0.15, -0.1) is 0 Å². The second-order valence-corrected chi connectivity index (χ2v) is 4.74. The number of hydrogen-bond acceptors (Lipinski definition) is 2. The molecule has 1 fully saturated rings. The van der Waals surface area contributed by atoms with Crippen LogP contribution in [0, 0.1) is 0 Å². The van der Waals surface area contributed by atoms with Crippen LogP contribution in [-0.4, -0.2) is 22.9 Å². The molecular weight excluding hydrogens is 210 g/mol. The Hall–Kier alpha value is -1.09. The average molecular weight is 233 g/mol. The molecule has 94 valence electrons. The van der Waals surface area contributed by atoms with E-state index in [0.29, 0.717) is 6.04 Å². The Balaban J connectivity index is 2.07. The molecule has 2 heterocycles. The van der Waals surface area contributed by atoms with Crippen LogP contribution in [0.2, 0.25) is 0 Å². The molecule has 2 rings (SSSR count). The van der Waals surface area contributed by atoms with E-state index in [0.717, 1.165) is 44.5 Å². The van der Waals surface area contributed by atoms with Gasteiger partial charge in [0.2, 0.25) is 0 Å². The van der Waals surface area contributed by atoms with Crippen LogP contribution in [0.3, 0.4) is 0 Å². The van der Waals surface area contributed by atoms with E-state index in [4.69, 9.17) is 0 Å². The third-order valence-electron chi connectivity index (χ3n) is 3.54. The van der Waals surface area contributed by atoms with Gasteiger partial charge in [0.15, 0.2) is 0 Å². The minimum atomic E-state index is 0.551. The highest BCUT2D eigenvalue weighted by Gasteiger charge is 2.08. The third kappa shape index (κ3) is 3.19. The van der Waals surface area contributed by atoms with Crippen molar-refractivity contribution in [3.8, 4) is 0 Å². The van der Waals surface area contributed by atoms with Gasteiger partial charge in [0.25, 0.3) is 0 Å². The van der Waals surface area contributed by atoms with E-state index in [2.05, 4.69) is 47.3 Å². The molecule has 1 saturated heterocycles. The lowest BCUT2D eigenvalue weighted by atomic mass is 10.0. The first kappa shape index (κ1) is 12.4. The van der Waals surface area contributed by atoms with E-state index in [-0.39, 0.29) is 0 Å². The zero-order chi connectivity index (χ0) is 12.1. The van der Waals surface area contributed by atoms with Crippen molar-refractivity contribution in [2.45, 2.75) is 45.6 Å². The van der Waals surface area contributed by atoms with Crippen LogP contribution in [0.15, 0.2) is 17.8 Å². The summed E-state index contributed by atoms with van der Waals surface area (Å²) in [7, 11) is 0. The molecule has 1 N–H and O–H groups in total. The van der Waals surface area contributed by atoms with Crippen LogP contribution < -0.4 is 5.32 Å². The first-order chi connectivity index (χ1) is 8.33. The van der Waals surface area contributed by atoms with E-state index in [9.17, 15) is 0 Å². The largest absolute Gasteiger partial charge is 0.316 e. The molecule has 1 aromatic heterocycles. The predicted octanol–water partition coefficient (Wildman–Crippen LogP) is 3.01. The molecule has 1 aromatic rings. The summed E-state index contributed by atoms with van der Waals surface area (Å²) >= 11 is 0. The summed E-state index contributed by atoms with van der Waals surface area (Å²) in [5.74, 6) is 0. The number of nitrogens with zero attached hydrogens (tertiary/aromatic N) is 2. The van der Waals surface area contributed by atoms with Crippen LogP contribution in [-0.2, 0) is 0 Å². The number of piperidine rings is 1. The highest BCUT2D eigenvalue weighted by molar-refractivity contribution is 5.48. The van der Waals surface area contributed by atoms with Crippen LogP contribution in [0.25, 0.3) is 6.08 Å². The van der Waals surface area contributed by atoms with E-state index >= 15 is 0 Å². The van der Waals surface area contributed by atoms with Crippen molar-refractivity contribution >= 4 is 6.08 Å². The SMILES string of the molecule is CCC(CC)n1ccc(C=C2CCNCC2)n1. The lowest BCUT2D eigenvalue weighted by Gasteiger charge is -2.14. The highest BCUT2D eigenvalue weighted by Crippen LogP contribution is 2.17. The van der Waals surface area contributed by atoms with E-state index in [1.165, 1.54) is 5.57 Å². The zero-order valence-electron chi connectivity index (χ0n) is 10.9. The Morgan fingerprint density at radius 2 is 2.06 bits per heavy atom. The first-order valence-electron chi connectivity index (χ1n) is 6.78. The lowest BCUT2D eigenvalue weighted by Crippen LogP contribution is -2.22. The topological polar surface area (TPSA) is 29.9 Å². The van der Waals surface area contributed by atoms with Gasteiger partial charge in [-0.3, -0.25) is 4.68 Å². The van der Waals surface area contributed by atoms with Crippen molar-refractivity contribution in [2.75, 3.05) is 13.1 Å². The summed E-state index contributed by atoms with van der Waals surface area (Å²) in [5.41, 5.74) is 2.65. The molecule has 1 aliphatic rings. The molecule has 0 saturated carbocycles. The number of aromatic nitrogens is 2. The Labute approximate surface area is 104 Å². The van der Waals surface area contributed by atoms with Crippen molar-refractivity contribution in [2.24, 2.45) is 0 Å². The molecule has 0 atom stereocenters. The number of hydrogen-bond donors (Lipinski definition) is 1. The lowest BCUT2D eigenvalue weighted by molar-refractivity contribution is 0.428. The molecule has 0 amide bonds. The molecule has 0 spiro atoms. The summed E-state index contributed by atoms with van der Waals surface area (Å²) in [6, 6.07) is 2.68. The summed E-state index contributed by atoms with van der Waals surface area (Å²) in [5, 5.41) is 8.04. The summed E-state index contributed by atoms with van der Waals surface area (Å²) in [6.45, 7) is 6.67. The second kappa shape index (κ2) is 6.01. The normalized spacial score (nSPS) is 16.5. The molecule has 3 nitrogen and oxygen atoms in total. The molecule has 3 heteroatoms. The van der Waals surface area contributed by atoms with Crippen LogP contribution in [0.5, 0.6) is 0 Å². The standard InChI is InChI=1S/C14H23N3/c1-3-14(4-2)17-10-7-13(16-17)11-12-5-8-15-9-6-12/h7,10-11,14-15H,3-6,8-9H2,1-2H3. The Morgan fingerprint density at radius 1 is 1.35 bits per heavy atom. The molecule has 0 radical (unpaired) electrons. The number of rotatable bonds is 4. The molecule has 0 aliphatic carbocycles. The summed E-state index contributed by atoms with van der Waals surface area (Å²) in [4.78, 5) is 0. The fraction of sp³-hybridized carbons (Fsp3) is 0.643. The van der Waals surface area contributed by atoms with Crippen molar-refractivity contribution in [3.63, 3.8) is 0 Å². The van der Waals surface area contributed by atoms with Crippen molar-refractivity contribution in [3.05, 3.63) is 23.5 Å². The molecule has 17 heavy (non-hydrogen) atoms. The van der Waals surface area contributed by atoms with Gasteiger partial charge in [-0.2, -0.15) is 5.10 Å². The minimum absolute atomic E-state index is 0.551. The Morgan fingerprint density at radius 3 is 2.71 bits per heavy atom. The highest BCUT2D eigenvalue weighted by atomic mass is 15.3. The van der Waals surface area contributed by atoms with Crippen molar-refractivity contribution in [1.29, 1.82) is 0 Å². The first-order valence-corrected chi connectivity index (χ1v) is 6.78. The summed E-state index contributed by atoms with van der Waals surface area (Å²) in [6.07, 6.45) is 9.01. The Bertz CT molecular complexity index is 367. The molecule has 1 aliphatic heterocycles. The van der Waals surface area contributed by atoms with Gasteiger partial charge in [-0.1, -0.05) is 19.4 Å². The predicted molar refractivity (Wildman–Crippen MR) is 71.9 cm³/mol.